The first-order valence-corrected chi connectivity index (χ1v) is 2.56. The molecule has 0 atom stereocenters. The van der Waals surface area contributed by atoms with Crippen molar-refractivity contribution in [1.82, 2.24) is 0 Å². The fourth-order valence-corrected chi connectivity index (χ4v) is 0.408. The molecule has 3 N–H and O–H groups in total. The first kappa shape index (κ1) is 30.9. The van der Waals surface area contributed by atoms with Crippen LogP contribution in [-0.4, -0.2) is 16.4 Å². The third-order valence-electron chi connectivity index (χ3n) is 0.781. The van der Waals surface area contributed by atoms with Crippen LogP contribution in [0.3, 0.4) is 0 Å². The quantitative estimate of drug-likeness (QED) is 0.673. The molecule has 0 aliphatic rings. The zero-order chi connectivity index (χ0) is 4.99. The largest absolute Gasteiger partial charge is 4.00 e. The van der Waals surface area contributed by atoms with E-state index in [1.54, 1.807) is 0 Å². The maximum absolute atomic E-state index is 3.73. The number of hydrogen-bond acceptors (Lipinski definition) is 3. The molecular formula is C6H16O3Zr. The summed E-state index contributed by atoms with van der Waals surface area (Å²) in [5.74, 6) is 0.836. The van der Waals surface area contributed by atoms with E-state index in [1.165, 1.54) is 6.42 Å². The Morgan fingerprint density at radius 3 is 1.40 bits per heavy atom. The summed E-state index contributed by atoms with van der Waals surface area (Å²) in [6, 6.07) is 0. The van der Waals surface area contributed by atoms with Crippen molar-refractivity contribution >= 4 is 0 Å². The summed E-state index contributed by atoms with van der Waals surface area (Å²) in [6.07, 6.45) is 2.34. The molecule has 10 heavy (non-hydrogen) atoms. The van der Waals surface area contributed by atoms with Crippen molar-refractivity contribution < 1.29 is 42.6 Å². The molecule has 0 heterocycles. The Morgan fingerprint density at radius 2 is 1.40 bits per heavy atom. The maximum Gasteiger partial charge on any atom is 4.00 e. The molecule has 0 aromatic heterocycles. The van der Waals surface area contributed by atoms with Gasteiger partial charge in [-0.05, 0) is 5.92 Å². The van der Waals surface area contributed by atoms with Crippen LogP contribution in [0.2, 0.25) is 0 Å². The van der Waals surface area contributed by atoms with Crippen LogP contribution in [0.5, 0.6) is 0 Å². The summed E-state index contributed by atoms with van der Waals surface area (Å²) in [5, 5.41) is 0. The number of rotatable bonds is 2. The molecule has 0 radical (unpaired) electrons. The van der Waals surface area contributed by atoms with E-state index in [9.17, 15) is 0 Å². The Hall–Kier alpha value is 0.763. The van der Waals surface area contributed by atoms with Crippen molar-refractivity contribution in [2.75, 3.05) is 0 Å². The Kier molecular flexibility index (Phi) is 69.7. The zero-order valence-electron chi connectivity index (χ0n) is 6.54. The van der Waals surface area contributed by atoms with Crippen molar-refractivity contribution in [2.45, 2.75) is 26.7 Å². The standard InChI is InChI=1S/C6H13.3H2O.Zr/c1-4-5-6(2)3;;;;/h6H,1,4-5H2,2-3H3;3*1H2;/q-1;;;;+4/p-3. The molecule has 0 spiro atoms. The van der Waals surface area contributed by atoms with Crippen molar-refractivity contribution in [1.29, 1.82) is 0 Å². The minimum atomic E-state index is 0. The molecule has 0 aromatic carbocycles. The SMILES string of the molecule is [CH2-]CCC(C)C.[OH-].[OH-].[OH-].[Zr+4]. The molecule has 0 aromatic rings. The molecule has 4 heteroatoms. The Balaban J connectivity index is -0.0000000208. The second kappa shape index (κ2) is 22.6. The predicted octanol–water partition coefficient (Wildman–Crippen LogP) is 1.72. The summed E-state index contributed by atoms with van der Waals surface area (Å²) < 4.78 is 0. The summed E-state index contributed by atoms with van der Waals surface area (Å²) in [6.45, 7) is 8.15. The van der Waals surface area contributed by atoms with Crippen LogP contribution in [0.1, 0.15) is 26.7 Å². The van der Waals surface area contributed by atoms with Gasteiger partial charge in [-0.15, -0.1) is 0 Å². The monoisotopic (exact) mass is 226 g/mol. The molecular weight excluding hydrogens is 211 g/mol. The van der Waals surface area contributed by atoms with E-state index in [4.69, 9.17) is 0 Å². The van der Waals surface area contributed by atoms with Crippen LogP contribution in [0.25, 0.3) is 0 Å². The van der Waals surface area contributed by atoms with Gasteiger partial charge in [0, 0.05) is 0 Å². The van der Waals surface area contributed by atoms with Crippen LogP contribution in [0.15, 0.2) is 0 Å². The van der Waals surface area contributed by atoms with Gasteiger partial charge in [-0.3, -0.25) is 0 Å². The minimum absolute atomic E-state index is 0. The first-order valence-electron chi connectivity index (χ1n) is 2.56. The van der Waals surface area contributed by atoms with E-state index < -0.39 is 0 Å². The Labute approximate surface area is 82.3 Å². The molecule has 0 unspecified atom stereocenters. The fraction of sp³-hybridized carbons (Fsp3) is 0.833. The fourth-order valence-electron chi connectivity index (χ4n) is 0.408. The second-order valence-corrected chi connectivity index (χ2v) is 2.04. The van der Waals surface area contributed by atoms with Gasteiger partial charge in [0.25, 0.3) is 0 Å². The van der Waals surface area contributed by atoms with Crippen molar-refractivity contribution in [3.8, 4) is 0 Å². The van der Waals surface area contributed by atoms with Crippen molar-refractivity contribution in [3.05, 3.63) is 6.92 Å². The van der Waals surface area contributed by atoms with Gasteiger partial charge in [0.2, 0.25) is 0 Å². The predicted molar refractivity (Wildman–Crippen MR) is 35.2 cm³/mol. The molecule has 0 amide bonds. The van der Waals surface area contributed by atoms with E-state index >= 15 is 0 Å². The first-order chi connectivity index (χ1) is 2.77. The van der Waals surface area contributed by atoms with Crippen molar-refractivity contribution in [3.63, 3.8) is 0 Å². The summed E-state index contributed by atoms with van der Waals surface area (Å²) >= 11 is 0. The normalized spacial score (nSPS) is 6.00. The van der Waals surface area contributed by atoms with Crippen LogP contribution >= 0.6 is 0 Å². The van der Waals surface area contributed by atoms with Crippen molar-refractivity contribution in [2.24, 2.45) is 5.92 Å². The van der Waals surface area contributed by atoms with Gasteiger partial charge in [-0.2, -0.15) is 6.42 Å². The van der Waals surface area contributed by atoms with Gasteiger partial charge in [0.15, 0.2) is 0 Å². The molecule has 3 nitrogen and oxygen atoms in total. The molecule has 0 aliphatic carbocycles. The van der Waals surface area contributed by atoms with Gasteiger partial charge in [0.1, 0.15) is 0 Å². The van der Waals surface area contributed by atoms with Gasteiger partial charge in [-0.25, -0.2) is 0 Å². The maximum atomic E-state index is 3.73. The zero-order valence-corrected chi connectivity index (χ0v) is 9.00. The topological polar surface area (TPSA) is 90.0 Å². The van der Waals surface area contributed by atoms with Crippen LogP contribution in [0.4, 0.5) is 0 Å². The van der Waals surface area contributed by atoms with Crippen LogP contribution < -0.4 is 0 Å². The Bertz CT molecular complexity index is 34.2. The van der Waals surface area contributed by atoms with Gasteiger partial charge < -0.3 is 23.4 Å². The number of hydrogen-bond donors (Lipinski definition) is 0. The molecule has 0 rings (SSSR count). The Morgan fingerprint density at radius 1 is 1.10 bits per heavy atom. The molecule has 0 fully saturated rings. The molecule has 0 saturated carbocycles. The van der Waals surface area contributed by atoms with Gasteiger partial charge in [0.05, 0.1) is 0 Å². The molecule has 0 saturated heterocycles. The van der Waals surface area contributed by atoms with Gasteiger partial charge >= 0.3 is 26.2 Å². The third-order valence-corrected chi connectivity index (χ3v) is 0.781. The summed E-state index contributed by atoms with van der Waals surface area (Å²) in [5.41, 5.74) is 0. The van der Waals surface area contributed by atoms with E-state index in [1.807, 2.05) is 0 Å². The second-order valence-electron chi connectivity index (χ2n) is 2.04. The smallest absolute Gasteiger partial charge is 0.870 e. The summed E-state index contributed by atoms with van der Waals surface area (Å²) in [4.78, 5) is 0. The molecule has 0 bridgehead atoms. The van der Waals surface area contributed by atoms with E-state index in [-0.39, 0.29) is 42.6 Å². The molecule has 0 aliphatic heterocycles. The average Bonchev–Trinajstić information content (AvgIpc) is 1.35. The van der Waals surface area contributed by atoms with Crippen LogP contribution in [-0.2, 0) is 26.2 Å². The van der Waals surface area contributed by atoms with E-state index in [2.05, 4.69) is 20.8 Å². The molecule has 62 valence electrons. The summed E-state index contributed by atoms with van der Waals surface area (Å²) in [7, 11) is 0. The minimum Gasteiger partial charge on any atom is -0.870 e. The van der Waals surface area contributed by atoms with E-state index in [0.29, 0.717) is 0 Å². The average molecular weight is 227 g/mol. The van der Waals surface area contributed by atoms with E-state index in [0.717, 1.165) is 12.3 Å². The van der Waals surface area contributed by atoms with Crippen LogP contribution in [0, 0.1) is 12.8 Å². The third kappa shape index (κ3) is 37.3. The van der Waals surface area contributed by atoms with Gasteiger partial charge in [-0.1, -0.05) is 20.3 Å².